The van der Waals surface area contributed by atoms with Crippen LogP contribution in [0.25, 0.3) is 11.3 Å². The summed E-state index contributed by atoms with van der Waals surface area (Å²) in [6, 6.07) is 15.2. The lowest BCUT2D eigenvalue weighted by atomic mass is 10.1. The Labute approximate surface area is 166 Å². The number of benzene rings is 2. The SMILES string of the molecule is COc1ccc(-c2nc(SCc3ccccc3Cl)ncc2C#N)cc1OC. The van der Waals surface area contributed by atoms with E-state index in [2.05, 4.69) is 16.0 Å². The van der Waals surface area contributed by atoms with Crippen molar-refractivity contribution < 1.29 is 9.47 Å². The molecule has 0 aliphatic carbocycles. The van der Waals surface area contributed by atoms with E-state index in [-0.39, 0.29) is 0 Å². The first-order valence-corrected chi connectivity index (χ1v) is 9.38. The number of methoxy groups -OCH3 is 2. The van der Waals surface area contributed by atoms with E-state index in [0.29, 0.717) is 38.7 Å². The maximum absolute atomic E-state index is 9.43. The van der Waals surface area contributed by atoms with E-state index in [1.54, 1.807) is 26.4 Å². The molecule has 0 aliphatic rings. The molecule has 0 N–H and O–H groups in total. The Bertz CT molecular complexity index is 1000. The monoisotopic (exact) mass is 397 g/mol. The fourth-order valence-corrected chi connectivity index (χ4v) is 3.58. The molecule has 0 radical (unpaired) electrons. The van der Waals surface area contributed by atoms with Crippen molar-refractivity contribution in [2.45, 2.75) is 10.9 Å². The second-order valence-electron chi connectivity index (χ2n) is 5.48. The minimum Gasteiger partial charge on any atom is -0.493 e. The van der Waals surface area contributed by atoms with Gasteiger partial charge in [0.2, 0.25) is 0 Å². The lowest BCUT2D eigenvalue weighted by molar-refractivity contribution is 0.355. The molecule has 0 spiro atoms. The second-order valence-corrected chi connectivity index (χ2v) is 6.83. The van der Waals surface area contributed by atoms with Crippen LogP contribution in [0.15, 0.2) is 53.8 Å². The van der Waals surface area contributed by atoms with Gasteiger partial charge >= 0.3 is 0 Å². The van der Waals surface area contributed by atoms with Crippen LogP contribution >= 0.6 is 23.4 Å². The van der Waals surface area contributed by atoms with Gasteiger partial charge in [0.25, 0.3) is 0 Å². The molecule has 0 fully saturated rings. The molecular weight excluding hydrogens is 382 g/mol. The molecular formula is C20H16ClN3O2S. The molecule has 0 saturated heterocycles. The van der Waals surface area contributed by atoms with Gasteiger partial charge in [0.05, 0.1) is 25.5 Å². The van der Waals surface area contributed by atoms with Crippen molar-refractivity contribution in [1.82, 2.24) is 9.97 Å². The first kappa shape index (κ1) is 19.0. The molecule has 0 aliphatic heterocycles. The first-order chi connectivity index (χ1) is 13.2. The van der Waals surface area contributed by atoms with E-state index in [1.807, 2.05) is 30.3 Å². The number of thioether (sulfide) groups is 1. The van der Waals surface area contributed by atoms with Crippen molar-refractivity contribution in [2.24, 2.45) is 0 Å². The first-order valence-electron chi connectivity index (χ1n) is 8.02. The zero-order chi connectivity index (χ0) is 19.2. The number of nitrogens with zero attached hydrogens (tertiary/aromatic N) is 3. The molecule has 0 saturated carbocycles. The normalized spacial score (nSPS) is 10.3. The molecule has 1 aromatic heterocycles. The third-order valence-electron chi connectivity index (χ3n) is 3.86. The van der Waals surface area contributed by atoms with Crippen LogP contribution in [0.2, 0.25) is 5.02 Å². The molecule has 3 aromatic rings. The Hall–Kier alpha value is -2.75. The van der Waals surface area contributed by atoms with Gasteiger partial charge < -0.3 is 9.47 Å². The van der Waals surface area contributed by atoms with Gasteiger partial charge in [-0.15, -0.1) is 0 Å². The van der Waals surface area contributed by atoms with Crippen molar-refractivity contribution in [3.05, 3.63) is 64.8 Å². The summed E-state index contributed by atoms with van der Waals surface area (Å²) in [5.41, 5.74) is 2.70. The zero-order valence-corrected chi connectivity index (χ0v) is 16.3. The van der Waals surface area contributed by atoms with Crippen LogP contribution in [0, 0.1) is 11.3 Å². The number of halogens is 1. The van der Waals surface area contributed by atoms with Gasteiger partial charge in [-0.25, -0.2) is 9.97 Å². The van der Waals surface area contributed by atoms with Crippen molar-refractivity contribution >= 4 is 23.4 Å². The lowest BCUT2D eigenvalue weighted by Crippen LogP contribution is -1.97. The quantitative estimate of drug-likeness (QED) is 0.431. The highest BCUT2D eigenvalue weighted by molar-refractivity contribution is 7.98. The number of hydrogen-bond acceptors (Lipinski definition) is 6. The molecule has 0 amide bonds. The highest BCUT2D eigenvalue weighted by Crippen LogP contribution is 2.33. The molecule has 3 rings (SSSR count). The number of nitriles is 1. The van der Waals surface area contributed by atoms with Crippen molar-refractivity contribution in [3.63, 3.8) is 0 Å². The third-order valence-corrected chi connectivity index (χ3v) is 5.14. The van der Waals surface area contributed by atoms with Crippen LogP contribution in [0.1, 0.15) is 11.1 Å². The minimum atomic E-state index is 0.393. The Morgan fingerprint density at radius 1 is 1.11 bits per heavy atom. The Kier molecular flexibility index (Phi) is 6.17. The predicted molar refractivity (Wildman–Crippen MR) is 106 cm³/mol. The van der Waals surface area contributed by atoms with Gasteiger partial charge in [0, 0.05) is 22.5 Å². The summed E-state index contributed by atoms with van der Waals surface area (Å²) < 4.78 is 10.6. The van der Waals surface area contributed by atoms with Gasteiger partial charge in [0.1, 0.15) is 6.07 Å². The molecule has 0 bridgehead atoms. The van der Waals surface area contributed by atoms with Crippen LogP contribution < -0.4 is 9.47 Å². The summed E-state index contributed by atoms with van der Waals surface area (Å²) in [7, 11) is 3.14. The van der Waals surface area contributed by atoms with Crippen molar-refractivity contribution in [3.8, 4) is 28.8 Å². The van der Waals surface area contributed by atoms with Crippen LogP contribution in [0.4, 0.5) is 0 Å². The molecule has 0 unspecified atom stereocenters. The van der Waals surface area contributed by atoms with E-state index in [1.165, 1.54) is 18.0 Å². The topological polar surface area (TPSA) is 68.0 Å². The van der Waals surface area contributed by atoms with Gasteiger partial charge in [-0.3, -0.25) is 0 Å². The summed E-state index contributed by atoms with van der Waals surface area (Å²) in [4.78, 5) is 8.87. The van der Waals surface area contributed by atoms with Gasteiger partial charge in [-0.1, -0.05) is 41.6 Å². The Morgan fingerprint density at radius 3 is 2.59 bits per heavy atom. The van der Waals surface area contributed by atoms with Crippen LogP contribution in [0.5, 0.6) is 11.5 Å². The molecule has 136 valence electrons. The van der Waals surface area contributed by atoms with Gasteiger partial charge in [0.15, 0.2) is 16.7 Å². The largest absolute Gasteiger partial charge is 0.493 e. The summed E-state index contributed by atoms with van der Waals surface area (Å²) in [6.45, 7) is 0. The highest BCUT2D eigenvalue weighted by Gasteiger charge is 2.13. The molecule has 7 heteroatoms. The predicted octanol–water partition coefficient (Wildman–Crippen LogP) is 4.98. The number of ether oxygens (including phenoxy) is 2. The van der Waals surface area contributed by atoms with E-state index in [4.69, 9.17) is 21.1 Å². The minimum absolute atomic E-state index is 0.393. The van der Waals surface area contributed by atoms with Crippen LogP contribution in [-0.4, -0.2) is 24.2 Å². The van der Waals surface area contributed by atoms with E-state index >= 15 is 0 Å². The fourth-order valence-electron chi connectivity index (χ4n) is 2.48. The Balaban J connectivity index is 1.92. The highest BCUT2D eigenvalue weighted by atomic mass is 35.5. The van der Waals surface area contributed by atoms with Gasteiger partial charge in [-0.05, 0) is 29.8 Å². The summed E-state index contributed by atoms with van der Waals surface area (Å²) in [5.74, 6) is 1.82. The van der Waals surface area contributed by atoms with Crippen molar-refractivity contribution in [2.75, 3.05) is 14.2 Å². The maximum Gasteiger partial charge on any atom is 0.188 e. The van der Waals surface area contributed by atoms with E-state index in [9.17, 15) is 5.26 Å². The molecule has 27 heavy (non-hydrogen) atoms. The molecule has 2 aromatic carbocycles. The summed E-state index contributed by atoms with van der Waals surface area (Å²) in [5, 5.41) is 10.7. The second kappa shape index (κ2) is 8.76. The Morgan fingerprint density at radius 2 is 1.89 bits per heavy atom. The molecule has 0 atom stereocenters. The number of rotatable bonds is 6. The van der Waals surface area contributed by atoms with Crippen LogP contribution in [-0.2, 0) is 5.75 Å². The lowest BCUT2D eigenvalue weighted by Gasteiger charge is -2.11. The van der Waals surface area contributed by atoms with Gasteiger partial charge in [-0.2, -0.15) is 5.26 Å². The van der Waals surface area contributed by atoms with Crippen molar-refractivity contribution in [1.29, 1.82) is 5.26 Å². The molecule has 1 heterocycles. The average molecular weight is 398 g/mol. The van der Waals surface area contributed by atoms with E-state index < -0.39 is 0 Å². The average Bonchev–Trinajstić information content (AvgIpc) is 2.72. The summed E-state index contributed by atoms with van der Waals surface area (Å²) >= 11 is 7.67. The standard InChI is InChI=1S/C20H16ClN3O2S/c1-25-17-8-7-13(9-18(17)26-2)19-15(10-22)11-23-20(24-19)27-12-14-5-3-4-6-16(14)21/h3-9,11H,12H2,1-2H3. The zero-order valence-electron chi connectivity index (χ0n) is 14.8. The number of hydrogen-bond donors (Lipinski definition) is 0. The maximum atomic E-state index is 9.43. The smallest absolute Gasteiger partial charge is 0.188 e. The number of aromatic nitrogens is 2. The van der Waals surface area contributed by atoms with Crippen LogP contribution in [0.3, 0.4) is 0 Å². The third kappa shape index (κ3) is 4.33. The molecule has 5 nitrogen and oxygen atoms in total. The fraction of sp³-hybridized carbons (Fsp3) is 0.150. The summed E-state index contributed by atoms with van der Waals surface area (Å²) in [6.07, 6.45) is 1.54. The van der Waals surface area contributed by atoms with E-state index in [0.717, 1.165) is 11.1 Å².